The summed E-state index contributed by atoms with van der Waals surface area (Å²) in [5, 5.41) is 6.49. The number of carbonyl (C=O) groups excluding carboxylic acids is 1. The lowest BCUT2D eigenvalue weighted by molar-refractivity contribution is -0.119. The van der Waals surface area contributed by atoms with Crippen LogP contribution in [0, 0.1) is 0 Å². The number of rotatable bonds is 3. The SMILES string of the molecule is CC(=O)NC1CCN(c2nc(-c3ccncc3)nc3c2CCNCC3)C1.Cl. The van der Waals surface area contributed by atoms with Crippen LogP contribution in [-0.2, 0) is 17.6 Å². The molecule has 4 heterocycles. The fourth-order valence-electron chi connectivity index (χ4n) is 3.77. The largest absolute Gasteiger partial charge is 0.354 e. The quantitative estimate of drug-likeness (QED) is 0.826. The second-order valence-electron chi connectivity index (χ2n) is 6.91. The topological polar surface area (TPSA) is 83.0 Å². The van der Waals surface area contributed by atoms with Gasteiger partial charge in [0.25, 0.3) is 0 Å². The summed E-state index contributed by atoms with van der Waals surface area (Å²) in [5.41, 5.74) is 3.37. The van der Waals surface area contributed by atoms with E-state index in [4.69, 9.17) is 9.97 Å². The van der Waals surface area contributed by atoms with Gasteiger partial charge in [0.05, 0.1) is 5.69 Å². The molecule has 0 aliphatic carbocycles. The fraction of sp³-hybridized carbons (Fsp3) is 0.474. The second-order valence-corrected chi connectivity index (χ2v) is 6.91. The van der Waals surface area contributed by atoms with Crippen LogP contribution < -0.4 is 15.5 Å². The first-order valence-electron chi connectivity index (χ1n) is 9.23. The van der Waals surface area contributed by atoms with E-state index in [1.54, 1.807) is 19.3 Å². The summed E-state index contributed by atoms with van der Waals surface area (Å²) in [5.74, 6) is 1.81. The van der Waals surface area contributed by atoms with Gasteiger partial charge in [-0.2, -0.15) is 0 Å². The van der Waals surface area contributed by atoms with E-state index < -0.39 is 0 Å². The molecule has 0 aromatic carbocycles. The van der Waals surface area contributed by atoms with Gasteiger partial charge >= 0.3 is 0 Å². The fourth-order valence-corrected chi connectivity index (χ4v) is 3.77. The number of amides is 1. The van der Waals surface area contributed by atoms with Crippen LogP contribution in [0.15, 0.2) is 24.5 Å². The van der Waals surface area contributed by atoms with Crippen molar-refractivity contribution in [2.75, 3.05) is 31.1 Å². The van der Waals surface area contributed by atoms with Gasteiger partial charge < -0.3 is 15.5 Å². The zero-order valence-corrected chi connectivity index (χ0v) is 16.3. The first kappa shape index (κ1) is 19.5. The van der Waals surface area contributed by atoms with Gasteiger partial charge in [0, 0.05) is 62.5 Å². The second kappa shape index (κ2) is 8.63. The molecule has 2 aromatic rings. The van der Waals surface area contributed by atoms with E-state index in [2.05, 4.69) is 20.5 Å². The van der Waals surface area contributed by atoms with Crippen molar-refractivity contribution in [1.29, 1.82) is 0 Å². The summed E-state index contributed by atoms with van der Waals surface area (Å²) in [4.78, 5) is 27.6. The number of nitrogens with one attached hydrogen (secondary N) is 2. The first-order chi connectivity index (χ1) is 12.7. The number of pyridine rings is 1. The van der Waals surface area contributed by atoms with E-state index in [0.29, 0.717) is 0 Å². The minimum atomic E-state index is 0. The third kappa shape index (κ3) is 4.36. The molecule has 1 atom stereocenters. The average molecular weight is 389 g/mol. The van der Waals surface area contributed by atoms with E-state index in [-0.39, 0.29) is 24.4 Å². The van der Waals surface area contributed by atoms with Crippen LogP contribution >= 0.6 is 12.4 Å². The molecule has 27 heavy (non-hydrogen) atoms. The maximum Gasteiger partial charge on any atom is 0.217 e. The van der Waals surface area contributed by atoms with Crippen LogP contribution in [0.3, 0.4) is 0 Å². The molecule has 1 saturated heterocycles. The Morgan fingerprint density at radius 3 is 2.78 bits per heavy atom. The van der Waals surface area contributed by atoms with Crippen LogP contribution in [-0.4, -0.2) is 53.1 Å². The molecule has 2 N–H and O–H groups in total. The van der Waals surface area contributed by atoms with Crippen LogP contribution in [0.5, 0.6) is 0 Å². The highest BCUT2D eigenvalue weighted by atomic mass is 35.5. The highest BCUT2D eigenvalue weighted by molar-refractivity contribution is 5.85. The van der Waals surface area contributed by atoms with Gasteiger partial charge in [-0.15, -0.1) is 12.4 Å². The van der Waals surface area contributed by atoms with Crippen molar-refractivity contribution < 1.29 is 4.79 Å². The number of fused-ring (bicyclic) bond motifs is 1. The molecular weight excluding hydrogens is 364 g/mol. The summed E-state index contributed by atoms with van der Waals surface area (Å²) in [6.07, 6.45) is 6.33. The summed E-state index contributed by atoms with van der Waals surface area (Å²) >= 11 is 0. The predicted molar refractivity (Wildman–Crippen MR) is 107 cm³/mol. The summed E-state index contributed by atoms with van der Waals surface area (Å²) < 4.78 is 0. The van der Waals surface area contributed by atoms with Gasteiger partial charge in [-0.3, -0.25) is 9.78 Å². The number of aromatic nitrogens is 3. The summed E-state index contributed by atoms with van der Waals surface area (Å²) in [6, 6.07) is 4.08. The molecule has 7 nitrogen and oxygen atoms in total. The van der Waals surface area contributed by atoms with Crippen molar-refractivity contribution in [1.82, 2.24) is 25.6 Å². The maximum atomic E-state index is 11.4. The zero-order valence-electron chi connectivity index (χ0n) is 15.4. The Balaban J connectivity index is 0.00000210. The molecule has 2 aliphatic rings. The molecule has 4 rings (SSSR count). The molecule has 8 heteroatoms. The summed E-state index contributed by atoms with van der Waals surface area (Å²) in [7, 11) is 0. The van der Waals surface area contributed by atoms with Crippen LogP contribution in [0.25, 0.3) is 11.4 Å². The van der Waals surface area contributed by atoms with E-state index in [9.17, 15) is 4.79 Å². The molecule has 2 aliphatic heterocycles. The predicted octanol–water partition coefficient (Wildman–Crippen LogP) is 1.36. The van der Waals surface area contributed by atoms with Crippen molar-refractivity contribution in [3.8, 4) is 11.4 Å². The van der Waals surface area contributed by atoms with Crippen LogP contribution in [0.4, 0.5) is 5.82 Å². The van der Waals surface area contributed by atoms with Gasteiger partial charge in [-0.05, 0) is 31.5 Å². The van der Waals surface area contributed by atoms with Gasteiger partial charge in [0.2, 0.25) is 5.91 Å². The highest BCUT2D eigenvalue weighted by Crippen LogP contribution is 2.29. The van der Waals surface area contributed by atoms with Crippen LogP contribution in [0.1, 0.15) is 24.6 Å². The Hall–Kier alpha value is -2.25. The normalized spacial score (nSPS) is 19.0. The third-order valence-electron chi connectivity index (χ3n) is 4.99. The molecule has 0 bridgehead atoms. The Bertz CT molecular complexity index is 800. The van der Waals surface area contributed by atoms with Crippen molar-refractivity contribution in [2.24, 2.45) is 0 Å². The van der Waals surface area contributed by atoms with Gasteiger partial charge in [0.1, 0.15) is 5.82 Å². The van der Waals surface area contributed by atoms with E-state index >= 15 is 0 Å². The molecule has 0 saturated carbocycles. The molecular formula is C19H25ClN6O. The molecule has 1 fully saturated rings. The van der Waals surface area contributed by atoms with Gasteiger partial charge in [-0.1, -0.05) is 0 Å². The van der Waals surface area contributed by atoms with E-state index in [1.807, 2.05) is 12.1 Å². The number of halogens is 1. The molecule has 1 unspecified atom stereocenters. The molecule has 0 spiro atoms. The molecule has 2 aromatic heterocycles. The molecule has 144 valence electrons. The standard InChI is InChI=1S/C19H24N6O.ClH/c1-13(26)22-15-6-11-25(12-15)19-16-4-9-21-10-5-17(16)23-18(24-19)14-2-7-20-8-3-14;/h2-3,7-8,15,21H,4-6,9-12H2,1H3,(H,22,26);1H. The lowest BCUT2D eigenvalue weighted by atomic mass is 10.1. The zero-order chi connectivity index (χ0) is 17.9. The number of hydrogen-bond acceptors (Lipinski definition) is 6. The number of nitrogens with zero attached hydrogens (tertiary/aromatic N) is 4. The minimum absolute atomic E-state index is 0. The van der Waals surface area contributed by atoms with E-state index in [1.165, 1.54) is 5.56 Å². The number of hydrogen-bond donors (Lipinski definition) is 2. The number of carbonyl (C=O) groups is 1. The molecule has 1 amide bonds. The lowest BCUT2D eigenvalue weighted by Gasteiger charge is -2.23. The maximum absolute atomic E-state index is 11.4. The van der Waals surface area contributed by atoms with Crippen molar-refractivity contribution in [3.05, 3.63) is 35.8 Å². The summed E-state index contributed by atoms with van der Waals surface area (Å²) in [6.45, 7) is 5.16. The smallest absolute Gasteiger partial charge is 0.217 e. The Morgan fingerprint density at radius 2 is 2.00 bits per heavy atom. The third-order valence-corrected chi connectivity index (χ3v) is 4.99. The first-order valence-corrected chi connectivity index (χ1v) is 9.23. The average Bonchev–Trinajstić information content (AvgIpc) is 2.96. The van der Waals surface area contributed by atoms with Gasteiger partial charge in [-0.25, -0.2) is 9.97 Å². The van der Waals surface area contributed by atoms with Crippen LogP contribution in [0.2, 0.25) is 0 Å². The van der Waals surface area contributed by atoms with Crippen molar-refractivity contribution in [2.45, 2.75) is 32.2 Å². The van der Waals surface area contributed by atoms with Crippen molar-refractivity contribution in [3.63, 3.8) is 0 Å². The van der Waals surface area contributed by atoms with E-state index in [0.717, 1.165) is 68.3 Å². The van der Waals surface area contributed by atoms with Crippen molar-refractivity contribution >= 4 is 24.1 Å². The Morgan fingerprint density at radius 1 is 1.22 bits per heavy atom. The highest BCUT2D eigenvalue weighted by Gasteiger charge is 2.28. The number of anilines is 1. The Labute approximate surface area is 165 Å². The van der Waals surface area contributed by atoms with Gasteiger partial charge in [0.15, 0.2) is 5.82 Å². The Kier molecular flexibility index (Phi) is 6.23. The lowest BCUT2D eigenvalue weighted by Crippen LogP contribution is -2.36. The minimum Gasteiger partial charge on any atom is -0.354 e. The monoisotopic (exact) mass is 388 g/mol. The molecule has 0 radical (unpaired) electrons.